The van der Waals surface area contributed by atoms with Crippen molar-refractivity contribution in [2.75, 3.05) is 17.6 Å². The number of halogens is 1. The number of benzene rings is 2. The largest absolute Gasteiger partial charge is 0.491 e. The van der Waals surface area contributed by atoms with Crippen molar-refractivity contribution in [3.63, 3.8) is 0 Å². The predicted octanol–water partition coefficient (Wildman–Crippen LogP) is 4.29. The summed E-state index contributed by atoms with van der Waals surface area (Å²) in [5.74, 6) is 0.330. The normalized spacial score (nSPS) is 11.7. The van der Waals surface area contributed by atoms with Gasteiger partial charge in [-0.1, -0.05) is 44.5 Å². The quantitative estimate of drug-likeness (QED) is 0.376. The Kier molecular flexibility index (Phi) is 8.42. The van der Waals surface area contributed by atoms with Gasteiger partial charge in [-0.3, -0.25) is 9.52 Å². The summed E-state index contributed by atoms with van der Waals surface area (Å²) in [6.45, 7) is 6.65. The van der Waals surface area contributed by atoms with E-state index in [4.69, 9.17) is 26.8 Å². The van der Waals surface area contributed by atoms with Crippen molar-refractivity contribution in [3.05, 3.63) is 76.1 Å². The molecule has 0 saturated carbocycles. The molecular weight excluding hydrogens is 504 g/mol. The van der Waals surface area contributed by atoms with Gasteiger partial charge >= 0.3 is 0 Å². The van der Waals surface area contributed by atoms with Crippen LogP contribution < -0.4 is 19.9 Å². The van der Waals surface area contributed by atoms with Crippen LogP contribution in [0.25, 0.3) is 0 Å². The Bertz CT molecular complexity index is 1330. The fourth-order valence-corrected chi connectivity index (χ4v) is 4.15. The van der Waals surface area contributed by atoms with Crippen LogP contribution in [0, 0.1) is 0 Å². The van der Waals surface area contributed by atoms with Crippen molar-refractivity contribution < 1.29 is 22.7 Å². The van der Waals surface area contributed by atoms with Crippen molar-refractivity contribution in [1.29, 1.82) is 0 Å². The smallest absolute Gasteiger partial charge is 0.252 e. The second kappa shape index (κ2) is 11.1. The molecule has 3 aromatic rings. The number of carbonyl (C=O) groups is 1. The van der Waals surface area contributed by atoms with Crippen molar-refractivity contribution in [3.8, 4) is 11.5 Å². The van der Waals surface area contributed by atoms with Gasteiger partial charge in [0.2, 0.25) is 16.0 Å². The highest BCUT2D eigenvalue weighted by Gasteiger charge is 2.27. The predicted molar refractivity (Wildman–Crippen MR) is 139 cm³/mol. The highest BCUT2D eigenvalue weighted by Crippen LogP contribution is 2.38. The Hall–Kier alpha value is -3.37. The molecule has 0 saturated heterocycles. The second-order valence-electron chi connectivity index (χ2n) is 8.77. The molecule has 1 amide bonds. The maximum absolute atomic E-state index is 12.1. The van der Waals surface area contributed by atoms with Crippen molar-refractivity contribution in [2.24, 2.45) is 5.73 Å². The summed E-state index contributed by atoms with van der Waals surface area (Å²) in [4.78, 5) is 20.0. The molecule has 9 nitrogen and oxygen atoms in total. The van der Waals surface area contributed by atoms with Gasteiger partial charge in [0, 0.05) is 23.4 Å². The van der Waals surface area contributed by atoms with Gasteiger partial charge < -0.3 is 15.2 Å². The van der Waals surface area contributed by atoms with Crippen LogP contribution in [0.1, 0.15) is 54.2 Å². The zero-order chi connectivity index (χ0) is 26.5. The Labute approximate surface area is 216 Å². The van der Waals surface area contributed by atoms with E-state index in [2.05, 4.69) is 14.7 Å². The van der Waals surface area contributed by atoms with Gasteiger partial charge in [-0.15, -0.1) is 0 Å². The van der Waals surface area contributed by atoms with E-state index in [0.717, 1.165) is 23.8 Å². The highest BCUT2D eigenvalue weighted by atomic mass is 35.5. The van der Waals surface area contributed by atoms with E-state index in [0.29, 0.717) is 28.7 Å². The topological polar surface area (TPSA) is 134 Å². The lowest BCUT2D eigenvalue weighted by Crippen LogP contribution is -2.21. The van der Waals surface area contributed by atoms with Gasteiger partial charge in [-0.25, -0.2) is 18.4 Å². The Balaban J connectivity index is 1.75. The van der Waals surface area contributed by atoms with Crippen LogP contribution in [0.5, 0.6) is 11.5 Å². The number of nitrogens with zero attached hydrogens (tertiary/aromatic N) is 2. The molecule has 3 rings (SSSR count). The summed E-state index contributed by atoms with van der Waals surface area (Å²) >= 11 is 6.48. The molecule has 0 atom stereocenters. The van der Waals surface area contributed by atoms with Gasteiger partial charge in [0.15, 0.2) is 5.75 Å². The van der Waals surface area contributed by atoms with Crippen LogP contribution >= 0.6 is 11.6 Å². The molecule has 0 unspecified atom stereocenters. The third-order valence-corrected chi connectivity index (χ3v) is 6.28. The first kappa shape index (κ1) is 27.2. The minimum absolute atomic E-state index is 0.00242. The lowest BCUT2D eigenvalue weighted by atomic mass is 9.77. The standard InChI is InChI=1S/C25H29ClN4O5S/c1-5-10-34-22-20(23(27)31)11-18(12-21(22)26)25(2,3)17-6-8-19(9-7-17)35-15-16-13-28-24(29-14-16)30-36(4,32)33/h6-9,11-14H,5,10,15H2,1-4H3,(H2,27,31)(H,28,29,30). The number of rotatable bonds is 11. The zero-order valence-electron chi connectivity index (χ0n) is 20.5. The van der Waals surface area contributed by atoms with Gasteiger partial charge in [-0.05, 0) is 41.8 Å². The highest BCUT2D eigenvalue weighted by molar-refractivity contribution is 7.91. The van der Waals surface area contributed by atoms with E-state index in [1.165, 1.54) is 12.4 Å². The van der Waals surface area contributed by atoms with E-state index >= 15 is 0 Å². The number of anilines is 1. The average Bonchev–Trinajstić information content (AvgIpc) is 2.81. The molecule has 0 spiro atoms. The molecular formula is C25H29ClN4O5S. The molecule has 11 heteroatoms. The molecule has 0 fully saturated rings. The summed E-state index contributed by atoms with van der Waals surface area (Å²) in [6, 6.07) is 11.1. The molecule has 2 aromatic carbocycles. The van der Waals surface area contributed by atoms with Crippen molar-refractivity contribution >= 4 is 33.5 Å². The number of nitrogens with one attached hydrogen (secondary N) is 1. The molecule has 1 heterocycles. The average molecular weight is 533 g/mol. The van der Waals surface area contributed by atoms with Crippen molar-refractivity contribution in [2.45, 2.75) is 39.2 Å². The Morgan fingerprint density at radius 1 is 1.08 bits per heavy atom. The maximum atomic E-state index is 12.1. The molecule has 0 aliphatic rings. The lowest BCUT2D eigenvalue weighted by Gasteiger charge is -2.27. The second-order valence-corrected chi connectivity index (χ2v) is 10.9. The van der Waals surface area contributed by atoms with Crippen LogP contribution in [-0.4, -0.2) is 37.2 Å². The zero-order valence-corrected chi connectivity index (χ0v) is 22.1. The first-order valence-electron chi connectivity index (χ1n) is 11.2. The minimum Gasteiger partial charge on any atom is -0.491 e. The summed E-state index contributed by atoms with van der Waals surface area (Å²) in [5.41, 5.74) is 7.84. The summed E-state index contributed by atoms with van der Waals surface area (Å²) in [7, 11) is -3.44. The molecule has 3 N–H and O–H groups in total. The fourth-order valence-electron chi connectivity index (χ4n) is 3.44. The minimum atomic E-state index is -3.44. The SMILES string of the molecule is CCCOc1c(Cl)cc(C(C)(C)c2ccc(OCc3cnc(NS(C)(=O)=O)nc3)cc2)cc1C(N)=O. The molecule has 0 aliphatic heterocycles. The number of nitrogens with two attached hydrogens (primary N) is 1. The number of carbonyl (C=O) groups excluding carboxylic acids is 1. The molecule has 36 heavy (non-hydrogen) atoms. The number of amides is 1. The third-order valence-electron chi connectivity index (χ3n) is 5.44. The molecule has 192 valence electrons. The fraction of sp³-hybridized carbons (Fsp3) is 0.320. The van der Waals surface area contributed by atoms with E-state index < -0.39 is 21.3 Å². The van der Waals surface area contributed by atoms with Crippen LogP contribution in [0.3, 0.4) is 0 Å². The monoisotopic (exact) mass is 532 g/mol. The van der Waals surface area contributed by atoms with Crippen molar-refractivity contribution in [1.82, 2.24) is 9.97 Å². The molecule has 1 aromatic heterocycles. The van der Waals surface area contributed by atoms with Gasteiger partial charge in [0.25, 0.3) is 5.91 Å². The third kappa shape index (κ3) is 6.86. The number of aromatic nitrogens is 2. The summed E-state index contributed by atoms with van der Waals surface area (Å²) in [5, 5.41) is 0.336. The number of hydrogen-bond donors (Lipinski definition) is 2. The number of sulfonamides is 1. The first-order chi connectivity index (χ1) is 16.9. The Morgan fingerprint density at radius 3 is 2.28 bits per heavy atom. The molecule has 0 radical (unpaired) electrons. The van der Waals surface area contributed by atoms with Crippen LogP contribution in [0.2, 0.25) is 5.02 Å². The number of hydrogen-bond acceptors (Lipinski definition) is 7. The first-order valence-corrected chi connectivity index (χ1v) is 13.5. The summed E-state index contributed by atoms with van der Waals surface area (Å²) in [6.07, 6.45) is 4.79. The molecule has 0 bridgehead atoms. The van der Waals surface area contributed by atoms with E-state index in [1.807, 2.05) is 45.0 Å². The van der Waals surface area contributed by atoms with E-state index in [-0.39, 0.29) is 18.1 Å². The molecule has 0 aliphatic carbocycles. The van der Waals surface area contributed by atoms with Gasteiger partial charge in [0.1, 0.15) is 12.4 Å². The Morgan fingerprint density at radius 2 is 1.72 bits per heavy atom. The van der Waals surface area contributed by atoms with Crippen LogP contribution in [0.4, 0.5) is 5.95 Å². The number of ether oxygens (including phenoxy) is 2. The lowest BCUT2D eigenvalue weighted by molar-refractivity contribution is 0.0996. The van der Waals surface area contributed by atoms with E-state index in [9.17, 15) is 13.2 Å². The maximum Gasteiger partial charge on any atom is 0.252 e. The van der Waals surface area contributed by atoms with E-state index in [1.54, 1.807) is 12.1 Å². The van der Waals surface area contributed by atoms with Crippen LogP contribution in [-0.2, 0) is 22.0 Å². The summed E-state index contributed by atoms with van der Waals surface area (Å²) < 4.78 is 36.2. The van der Waals surface area contributed by atoms with Gasteiger partial charge in [-0.2, -0.15) is 0 Å². The van der Waals surface area contributed by atoms with Gasteiger partial charge in [0.05, 0.1) is 23.4 Å². The number of primary amides is 1. The van der Waals surface area contributed by atoms with Crippen LogP contribution in [0.15, 0.2) is 48.8 Å².